The molecule has 0 aromatic heterocycles. The van der Waals surface area contributed by atoms with Crippen LogP contribution in [0.25, 0.3) is 0 Å². The summed E-state index contributed by atoms with van der Waals surface area (Å²) in [5, 5.41) is 9.95. The van der Waals surface area contributed by atoms with Crippen LogP contribution in [0.4, 0.5) is 0 Å². The summed E-state index contributed by atoms with van der Waals surface area (Å²) in [4.78, 5) is 12.8. The molecule has 0 saturated carbocycles. The lowest BCUT2D eigenvalue weighted by atomic mass is 10.0. The summed E-state index contributed by atoms with van der Waals surface area (Å²) in [6.45, 7) is 3.96. The molecule has 2 N–H and O–H groups in total. The number of hydroxylamine groups is 1. The molecule has 0 saturated heterocycles. The summed E-state index contributed by atoms with van der Waals surface area (Å²) in [5.41, 5.74) is 3.00. The van der Waals surface area contributed by atoms with Gasteiger partial charge in [-0.15, -0.1) is 6.58 Å². The van der Waals surface area contributed by atoms with Crippen LogP contribution in [0.3, 0.4) is 0 Å². The number of nitrogens with zero attached hydrogens (tertiary/aromatic N) is 1. The Morgan fingerprint density at radius 1 is 1.03 bits per heavy atom. The van der Waals surface area contributed by atoms with Crippen LogP contribution in [-0.4, -0.2) is 36.5 Å². The predicted octanol–water partition coefficient (Wildman–Crippen LogP) is 4.60. The van der Waals surface area contributed by atoms with Gasteiger partial charge in [0.15, 0.2) is 0 Å². The maximum absolute atomic E-state index is 13.8. The standard InChI is InChI=1S/C26H27ClN2O5S/c1-2-3-17-34-23-13-15-24(16-14-23)35(32,33)29(19-21-9-11-22(27)12-10-21)25(26(30)28-31)18-20-7-5-4-6-8-20/h2,4-16,25,31H,1,3,17-19H2,(H,28,30). The van der Waals surface area contributed by atoms with Gasteiger partial charge in [0.05, 0.1) is 11.5 Å². The molecule has 1 amide bonds. The predicted molar refractivity (Wildman–Crippen MR) is 135 cm³/mol. The van der Waals surface area contributed by atoms with Crippen molar-refractivity contribution in [2.75, 3.05) is 6.61 Å². The van der Waals surface area contributed by atoms with Gasteiger partial charge in [0, 0.05) is 11.6 Å². The molecule has 3 rings (SSSR count). The highest BCUT2D eigenvalue weighted by Crippen LogP contribution is 2.26. The molecule has 0 aliphatic carbocycles. The third kappa shape index (κ3) is 7.16. The molecule has 1 unspecified atom stereocenters. The van der Waals surface area contributed by atoms with Crippen LogP contribution in [0.15, 0.2) is 96.4 Å². The number of sulfonamides is 1. The van der Waals surface area contributed by atoms with Crippen LogP contribution in [0.2, 0.25) is 5.02 Å². The smallest absolute Gasteiger partial charge is 0.262 e. The molecule has 0 radical (unpaired) electrons. The molecular weight excluding hydrogens is 488 g/mol. The van der Waals surface area contributed by atoms with Gasteiger partial charge in [0.1, 0.15) is 11.8 Å². The van der Waals surface area contributed by atoms with E-state index >= 15 is 0 Å². The number of hydrogen-bond donors (Lipinski definition) is 2. The average molecular weight is 515 g/mol. The first-order valence-corrected chi connectivity index (χ1v) is 12.7. The number of carbonyl (C=O) groups is 1. The number of benzene rings is 3. The largest absolute Gasteiger partial charge is 0.493 e. The van der Waals surface area contributed by atoms with Crippen molar-refractivity contribution in [3.8, 4) is 5.75 Å². The number of rotatable bonds is 12. The summed E-state index contributed by atoms with van der Waals surface area (Å²) in [5.74, 6) is -0.320. The molecule has 35 heavy (non-hydrogen) atoms. The maximum atomic E-state index is 13.8. The van der Waals surface area contributed by atoms with Gasteiger partial charge < -0.3 is 4.74 Å². The summed E-state index contributed by atoms with van der Waals surface area (Å²) in [7, 11) is -4.17. The summed E-state index contributed by atoms with van der Waals surface area (Å²) in [6.07, 6.45) is 2.45. The van der Waals surface area contributed by atoms with Crippen molar-refractivity contribution in [1.29, 1.82) is 0 Å². The third-order valence-electron chi connectivity index (χ3n) is 5.31. The van der Waals surface area contributed by atoms with Gasteiger partial charge >= 0.3 is 0 Å². The Kier molecular flexibility index (Phi) is 9.45. The maximum Gasteiger partial charge on any atom is 0.262 e. The monoisotopic (exact) mass is 514 g/mol. The average Bonchev–Trinajstić information content (AvgIpc) is 2.88. The highest BCUT2D eigenvalue weighted by atomic mass is 35.5. The molecule has 0 spiro atoms. The van der Waals surface area contributed by atoms with E-state index in [1.54, 1.807) is 72.2 Å². The van der Waals surface area contributed by atoms with Crippen molar-refractivity contribution in [2.24, 2.45) is 0 Å². The molecule has 0 aliphatic heterocycles. The SMILES string of the molecule is C=CCCOc1ccc(S(=O)(=O)N(Cc2ccc(Cl)cc2)C(Cc2ccccc2)C(=O)NO)cc1. The number of nitrogens with one attached hydrogen (secondary N) is 1. The second-order valence-electron chi connectivity index (χ2n) is 7.76. The van der Waals surface area contributed by atoms with E-state index in [1.165, 1.54) is 12.1 Å². The molecule has 184 valence electrons. The Balaban J connectivity index is 2.00. The van der Waals surface area contributed by atoms with Crippen LogP contribution in [0.1, 0.15) is 17.5 Å². The second-order valence-corrected chi connectivity index (χ2v) is 10.1. The molecule has 0 bridgehead atoms. The minimum Gasteiger partial charge on any atom is -0.493 e. The van der Waals surface area contributed by atoms with Crippen molar-refractivity contribution < 1.29 is 23.2 Å². The topological polar surface area (TPSA) is 95.9 Å². The van der Waals surface area contributed by atoms with Gasteiger partial charge in [-0.05, 0) is 60.4 Å². The van der Waals surface area contributed by atoms with Crippen LogP contribution >= 0.6 is 11.6 Å². The molecule has 7 nitrogen and oxygen atoms in total. The number of ether oxygens (including phenoxy) is 1. The molecule has 0 heterocycles. The van der Waals surface area contributed by atoms with Gasteiger partial charge in [0.25, 0.3) is 5.91 Å². The molecular formula is C26H27ClN2O5S. The molecule has 3 aromatic rings. The fourth-order valence-corrected chi connectivity index (χ4v) is 5.17. The Hall–Kier alpha value is -3.17. The Bertz CT molecular complexity index is 1220. The lowest BCUT2D eigenvalue weighted by Crippen LogP contribution is -2.49. The van der Waals surface area contributed by atoms with Crippen molar-refractivity contribution in [3.05, 3.63) is 108 Å². The minimum absolute atomic E-state index is 0.00802. The number of halogens is 1. The van der Waals surface area contributed by atoms with Gasteiger partial charge in [-0.25, -0.2) is 13.9 Å². The Labute approximate surface area is 210 Å². The highest BCUT2D eigenvalue weighted by Gasteiger charge is 2.36. The van der Waals surface area contributed by atoms with E-state index in [2.05, 4.69) is 6.58 Å². The normalized spacial score (nSPS) is 12.2. The lowest BCUT2D eigenvalue weighted by Gasteiger charge is -2.30. The zero-order chi connectivity index (χ0) is 25.3. The summed E-state index contributed by atoms with van der Waals surface area (Å²) in [6, 6.07) is 20.5. The van der Waals surface area contributed by atoms with Crippen LogP contribution in [-0.2, 0) is 27.8 Å². The quantitative estimate of drug-likeness (QED) is 0.159. The van der Waals surface area contributed by atoms with Crippen molar-refractivity contribution in [3.63, 3.8) is 0 Å². The van der Waals surface area contributed by atoms with E-state index in [0.29, 0.717) is 29.4 Å². The fraction of sp³-hybridized carbons (Fsp3) is 0.192. The first kappa shape index (κ1) is 26.4. The zero-order valence-electron chi connectivity index (χ0n) is 19.0. The van der Waals surface area contributed by atoms with E-state index in [4.69, 9.17) is 16.3 Å². The number of hydrogen-bond acceptors (Lipinski definition) is 5. The van der Waals surface area contributed by atoms with E-state index < -0.39 is 22.0 Å². The van der Waals surface area contributed by atoms with Gasteiger partial charge in [-0.3, -0.25) is 10.0 Å². The van der Waals surface area contributed by atoms with Crippen LogP contribution < -0.4 is 10.2 Å². The summed E-state index contributed by atoms with van der Waals surface area (Å²) >= 11 is 5.99. The molecule has 9 heteroatoms. The van der Waals surface area contributed by atoms with Gasteiger partial charge in [-0.2, -0.15) is 4.31 Å². The Morgan fingerprint density at radius 2 is 1.69 bits per heavy atom. The Morgan fingerprint density at radius 3 is 2.29 bits per heavy atom. The van der Waals surface area contributed by atoms with E-state index in [0.717, 1.165) is 9.87 Å². The number of carbonyl (C=O) groups excluding carboxylic acids is 1. The second kappa shape index (κ2) is 12.5. The molecule has 1 atom stereocenters. The molecule has 0 aliphatic rings. The van der Waals surface area contributed by atoms with E-state index in [1.807, 2.05) is 6.07 Å². The van der Waals surface area contributed by atoms with Crippen molar-refractivity contribution in [2.45, 2.75) is 30.3 Å². The first-order valence-electron chi connectivity index (χ1n) is 10.9. The van der Waals surface area contributed by atoms with Crippen molar-refractivity contribution >= 4 is 27.5 Å². The lowest BCUT2D eigenvalue weighted by molar-refractivity contribution is -0.133. The molecule has 0 fully saturated rings. The van der Waals surface area contributed by atoms with E-state index in [-0.39, 0.29) is 17.9 Å². The van der Waals surface area contributed by atoms with Crippen LogP contribution in [0, 0.1) is 0 Å². The van der Waals surface area contributed by atoms with Gasteiger partial charge in [0.2, 0.25) is 10.0 Å². The van der Waals surface area contributed by atoms with E-state index in [9.17, 15) is 18.4 Å². The molecule has 3 aromatic carbocycles. The summed E-state index contributed by atoms with van der Waals surface area (Å²) < 4.78 is 34.3. The minimum atomic E-state index is -4.17. The van der Waals surface area contributed by atoms with Crippen LogP contribution in [0.5, 0.6) is 5.75 Å². The third-order valence-corrected chi connectivity index (χ3v) is 7.43. The fourth-order valence-electron chi connectivity index (χ4n) is 3.47. The van der Waals surface area contributed by atoms with Crippen molar-refractivity contribution in [1.82, 2.24) is 9.79 Å². The number of amides is 1. The van der Waals surface area contributed by atoms with Gasteiger partial charge in [-0.1, -0.05) is 60.1 Å². The zero-order valence-corrected chi connectivity index (χ0v) is 20.6. The first-order chi connectivity index (χ1) is 16.8. The highest BCUT2D eigenvalue weighted by molar-refractivity contribution is 7.89.